The maximum absolute atomic E-state index is 4.26. The zero-order valence-corrected chi connectivity index (χ0v) is 8.75. The highest BCUT2D eigenvalue weighted by Gasteiger charge is 1.90. The van der Waals surface area contributed by atoms with E-state index in [4.69, 9.17) is 0 Å². The Morgan fingerprint density at radius 3 is 2.54 bits per heavy atom. The SMILES string of the molecule is C=C(/C=C\CC)N=C(CC)N=CC. The van der Waals surface area contributed by atoms with Gasteiger partial charge in [-0.1, -0.05) is 26.5 Å². The van der Waals surface area contributed by atoms with E-state index in [1.807, 2.05) is 26.0 Å². The van der Waals surface area contributed by atoms with Crippen LogP contribution >= 0.6 is 0 Å². The van der Waals surface area contributed by atoms with Gasteiger partial charge in [-0.25, -0.2) is 9.98 Å². The molecule has 0 saturated heterocycles. The van der Waals surface area contributed by atoms with Crippen LogP contribution in [-0.2, 0) is 0 Å². The van der Waals surface area contributed by atoms with Gasteiger partial charge in [-0.15, -0.1) is 0 Å². The van der Waals surface area contributed by atoms with Crippen LogP contribution in [0.15, 0.2) is 34.4 Å². The van der Waals surface area contributed by atoms with Crippen molar-refractivity contribution in [2.75, 3.05) is 0 Å². The first-order chi connectivity index (χ1) is 6.24. The third kappa shape index (κ3) is 6.02. The van der Waals surface area contributed by atoms with E-state index >= 15 is 0 Å². The lowest BCUT2D eigenvalue weighted by molar-refractivity contribution is 1.19. The molecule has 0 amide bonds. The van der Waals surface area contributed by atoms with Gasteiger partial charge >= 0.3 is 0 Å². The lowest BCUT2D eigenvalue weighted by Crippen LogP contribution is -1.91. The van der Waals surface area contributed by atoms with Crippen molar-refractivity contribution in [3.05, 3.63) is 24.4 Å². The van der Waals surface area contributed by atoms with Gasteiger partial charge in [0.1, 0.15) is 5.84 Å². The van der Waals surface area contributed by atoms with Crippen LogP contribution in [0.4, 0.5) is 0 Å². The number of hydrogen-bond acceptors (Lipinski definition) is 1. The molecule has 2 nitrogen and oxygen atoms in total. The Morgan fingerprint density at radius 2 is 2.08 bits per heavy atom. The van der Waals surface area contributed by atoms with E-state index in [2.05, 4.69) is 23.5 Å². The van der Waals surface area contributed by atoms with E-state index < -0.39 is 0 Å². The highest BCUT2D eigenvalue weighted by molar-refractivity contribution is 5.89. The minimum Gasteiger partial charge on any atom is -0.246 e. The molecule has 0 spiro atoms. The van der Waals surface area contributed by atoms with Crippen molar-refractivity contribution in [3.8, 4) is 0 Å². The maximum atomic E-state index is 4.26. The van der Waals surface area contributed by atoms with Gasteiger partial charge in [-0.05, 0) is 19.4 Å². The average Bonchev–Trinajstić information content (AvgIpc) is 2.14. The summed E-state index contributed by atoms with van der Waals surface area (Å²) in [5, 5.41) is 0. The normalized spacial score (nSPS) is 13.0. The van der Waals surface area contributed by atoms with E-state index in [0.717, 1.165) is 24.4 Å². The Hall–Kier alpha value is -1.18. The third-order valence-corrected chi connectivity index (χ3v) is 1.41. The summed E-state index contributed by atoms with van der Waals surface area (Å²) in [5.74, 6) is 0.827. The minimum absolute atomic E-state index is 0.768. The fourth-order valence-electron chi connectivity index (χ4n) is 0.805. The van der Waals surface area contributed by atoms with E-state index in [-0.39, 0.29) is 0 Å². The molecular formula is C11H18N2. The summed E-state index contributed by atoms with van der Waals surface area (Å²) < 4.78 is 0. The van der Waals surface area contributed by atoms with Crippen molar-refractivity contribution in [2.24, 2.45) is 9.98 Å². The van der Waals surface area contributed by atoms with Crippen molar-refractivity contribution < 1.29 is 0 Å². The third-order valence-electron chi connectivity index (χ3n) is 1.41. The molecule has 0 heterocycles. The first-order valence-electron chi connectivity index (χ1n) is 4.66. The molecule has 0 radical (unpaired) electrons. The molecule has 72 valence electrons. The van der Waals surface area contributed by atoms with Crippen LogP contribution < -0.4 is 0 Å². The zero-order valence-electron chi connectivity index (χ0n) is 8.75. The summed E-state index contributed by atoms with van der Waals surface area (Å²) in [6, 6.07) is 0. The van der Waals surface area contributed by atoms with Crippen LogP contribution in [0.3, 0.4) is 0 Å². The predicted molar refractivity (Wildman–Crippen MR) is 60.5 cm³/mol. The van der Waals surface area contributed by atoms with E-state index in [1.54, 1.807) is 6.21 Å². The van der Waals surface area contributed by atoms with Crippen molar-refractivity contribution in [1.82, 2.24) is 0 Å². The highest BCUT2D eigenvalue weighted by Crippen LogP contribution is 2.00. The molecule has 0 fully saturated rings. The Labute approximate surface area is 80.8 Å². The van der Waals surface area contributed by atoms with Gasteiger partial charge in [0.05, 0.1) is 5.70 Å². The summed E-state index contributed by atoms with van der Waals surface area (Å²) in [4.78, 5) is 8.38. The Balaban J connectivity index is 4.33. The second kappa shape index (κ2) is 7.47. The maximum Gasteiger partial charge on any atom is 0.128 e. The quantitative estimate of drug-likeness (QED) is 0.358. The summed E-state index contributed by atoms with van der Waals surface area (Å²) in [5.41, 5.74) is 0.768. The molecule has 0 aromatic rings. The molecule has 0 N–H and O–H groups in total. The molecule has 0 aromatic heterocycles. The van der Waals surface area contributed by atoms with Crippen molar-refractivity contribution in [1.29, 1.82) is 0 Å². The Morgan fingerprint density at radius 1 is 1.38 bits per heavy atom. The summed E-state index contributed by atoms with van der Waals surface area (Å²) in [7, 11) is 0. The first kappa shape index (κ1) is 11.8. The van der Waals surface area contributed by atoms with Crippen LogP contribution in [0.2, 0.25) is 0 Å². The Bertz CT molecular complexity index is 234. The van der Waals surface area contributed by atoms with Crippen LogP contribution in [0.25, 0.3) is 0 Å². The molecule has 0 atom stereocenters. The van der Waals surface area contributed by atoms with Gasteiger partial charge in [0.2, 0.25) is 0 Å². The van der Waals surface area contributed by atoms with Gasteiger partial charge in [0.25, 0.3) is 0 Å². The van der Waals surface area contributed by atoms with Crippen LogP contribution in [0.5, 0.6) is 0 Å². The number of allylic oxidation sites excluding steroid dienone is 2. The first-order valence-corrected chi connectivity index (χ1v) is 4.66. The van der Waals surface area contributed by atoms with Gasteiger partial charge < -0.3 is 0 Å². The standard InChI is InChI=1S/C11H18N2/c1-5-8-9-10(4)13-11(6-2)12-7-3/h7-9H,4-6H2,1-3H3/b9-8-,12-7?,13-11?. The second-order valence-electron chi connectivity index (χ2n) is 2.57. The lowest BCUT2D eigenvalue weighted by atomic mass is 10.3. The van der Waals surface area contributed by atoms with Crippen LogP contribution in [0.1, 0.15) is 33.6 Å². The fraction of sp³-hybridized carbons (Fsp3) is 0.455. The molecule has 0 aliphatic carbocycles. The number of rotatable bonds is 4. The minimum atomic E-state index is 0.768. The predicted octanol–water partition coefficient (Wildman–Crippen LogP) is 3.37. The Kier molecular flexibility index (Phi) is 6.79. The molecule has 0 aromatic carbocycles. The van der Waals surface area contributed by atoms with Crippen molar-refractivity contribution in [3.63, 3.8) is 0 Å². The van der Waals surface area contributed by atoms with Gasteiger partial charge in [0, 0.05) is 12.6 Å². The van der Waals surface area contributed by atoms with Gasteiger partial charge in [-0.2, -0.15) is 0 Å². The number of amidine groups is 1. The molecule has 0 bridgehead atoms. The molecule has 0 aliphatic rings. The summed E-state index contributed by atoms with van der Waals surface area (Å²) in [6.45, 7) is 9.81. The molecule has 13 heavy (non-hydrogen) atoms. The highest BCUT2D eigenvalue weighted by atomic mass is 14.9. The largest absolute Gasteiger partial charge is 0.246 e. The van der Waals surface area contributed by atoms with Gasteiger partial charge in [0.15, 0.2) is 0 Å². The van der Waals surface area contributed by atoms with Crippen molar-refractivity contribution >= 4 is 12.1 Å². The molecular weight excluding hydrogens is 160 g/mol. The van der Waals surface area contributed by atoms with Crippen LogP contribution in [0, 0.1) is 0 Å². The van der Waals surface area contributed by atoms with E-state index in [0.29, 0.717) is 0 Å². The van der Waals surface area contributed by atoms with E-state index in [9.17, 15) is 0 Å². The molecule has 0 aliphatic heterocycles. The van der Waals surface area contributed by atoms with Gasteiger partial charge in [-0.3, -0.25) is 0 Å². The molecule has 0 rings (SSSR count). The second-order valence-corrected chi connectivity index (χ2v) is 2.57. The lowest BCUT2D eigenvalue weighted by Gasteiger charge is -1.95. The molecule has 2 heteroatoms. The van der Waals surface area contributed by atoms with E-state index in [1.165, 1.54) is 0 Å². The van der Waals surface area contributed by atoms with Crippen molar-refractivity contribution in [2.45, 2.75) is 33.6 Å². The fourth-order valence-corrected chi connectivity index (χ4v) is 0.805. The average molecular weight is 178 g/mol. The van der Waals surface area contributed by atoms with Crippen LogP contribution in [-0.4, -0.2) is 12.1 Å². The summed E-state index contributed by atoms with van der Waals surface area (Å²) >= 11 is 0. The number of aliphatic imine (C=N–C) groups is 2. The molecule has 0 unspecified atom stereocenters. The zero-order chi connectivity index (χ0) is 10.1. The number of hydrogen-bond donors (Lipinski definition) is 0. The monoisotopic (exact) mass is 178 g/mol. The topological polar surface area (TPSA) is 24.7 Å². The molecule has 0 saturated carbocycles. The summed E-state index contributed by atoms with van der Waals surface area (Å²) in [6.07, 6.45) is 7.55. The smallest absolute Gasteiger partial charge is 0.128 e. The number of nitrogens with zero attached hydrogens (tertiary/aromatic N) is 2.